The molecule has 2 aromatic heterocycles. The van der Waals surface area contributed by atoms with Crippen LogP contribution >= 0.6 is 0 Å². The fraction of sp³-hybridized carbons (Fsp3) is 0.333. The molecule has 4 nitrogen and oxygen atoms in total. The molecule has 2 rings (SSSR count). The van der Waals surface area contributed by atoms with Gasteiger partial charge in [-0.25, -0.2) is 0 Å². The lowest BCUT2D eigenvalue weighted by atomic mass is 10.2. The summed E-state index contributed by atoms with van der Waals surface area (Å²) >= 11 is 0. The van der Waals surface area contributed by atoms with Gasteiger partial charge in [0.15, 0.2) is 0 Å². The fourth-order valence-electron chi connectivity index (χ4n) is 1.23. The van der Waals surface area contributed by atoms with Crippen LogP contribution in [0.1, 0.15) is 12.6 Å². The van der Waals surface area contributed by atoms with E-state index in [4.69, 9.17) is 0 Å². The summed E-state index contributed by atoms with van der Waals surface area (Å²) in [5, 5.41) is 11.2. The molecule has 0 unspecified atom stereocenters. The highest BCUT2D eigenvalue weighted by Gasteiger charge is 2.03. The van der Waals surface area contributed by atoms with Crippen LogP contribution in [-0.4, -0.2) is 20.0 Å². The van der Waals surface area contributed by atoms with Gasteiger partial charge in [-0.1, -0.05) is 0 Å². The van der Waals surface area contributed by atoms with Crippen molar-refractivity contribution >= 4 is 0 Å². The molecule has 0 saturated carbocycles. The number of H-pyrrole nitrogens is 1. The van der Waals surface area contributed by atoms with Crippen molar-refractivity contribution in [3.05, 3.63) is 24.2 Å². The monoisotopic (exact) mass is 176 g/mol. The highest BCUT2D eigenvalue weighted by Crippen LogP contribution is 2.15. The lowest BCUT2D eigenvalue weighted by Crippen LogP contribution is -1.91. The standard InChI is InChI=1S/C9H12N4/c1-3-13-6-8(5-10-13)9-4-7(2)11-12-9/h4-6H,3H2,1-2H3,(H,11,12). The summed E-state index contributed by atoms with van der Waals surface area (Å²) in [6.45, 7) is 4.94. The molecule has 2 heterocycles. The van der Waals surface area contributed by atoms with E-state index in [1.807, 2.05) is 30.1 Å². The van der Waals surface area contributed by atoms with E-state index in [0.717, 1.165) is 23.5 Å². The first-order chi connectivity index (χ1) is 6.29. The largest absolute Gasteiger partial charge is 0.282 e. The molecule has 0 aliphatic rings. The zero-order chi connectivity index (χ0) is 9.26. The van der Waals surface area contributed by atoms with E-state index < -0.39 is 0 Å². The molecule has 1 N–H and O–H groups in total. The van der Waals surface area contributed by atoms with Crippen molar-refractivity contribution in [2.75, 3.05) is 0 Å². The zero-order valence-electron chi connectivity index (χ0n) is 7.78. The summed E-state index contributed by atoms with van der Waals surface area (Å²) in [4.78, 5) is 0. The smallest absolute Gasteiger partial charge is 0.0954 e. The van der Waals surface area contributed by atoms with E-state index in [2.05, 4.69) is 22.2 Å². The summed E-state index contributed by atoms with van der Waals surface area (Å²) in [7, 11) is 0. The van der Waals surface area contributed by atoms with Gasteiger partial charge in [-0.05, 0) is 19.9 Å². The second kappa shape index (κ2) is 3.05. The number of aromatic amines is 1. The maximum absolute atomic E-state index is 4.18. The summed E-state index contributed by atoms with van der Waals surface area (Å²) < 4.78 is 1.89. The zero-order valence-corrected chi connectivity index (χ0v) is 7.78. The van der Waals surface area contributed by atoms with E-state index in [1.54, 1.807) is 0 Å². The van der Waals surface area contributed by atoms with Gasteiger partial charge in [0, 0.05) is 24.0 Å². The first-order valence-corrected chi connectivity index (χ1v) is 4.34. The van der Waals surface area contributed by atoms with Crippen LogP contribution in [-0.2, 0) is 6.54 Å². The van der Waals surface area contributed by atoms with Gasteiger partial charge in [0.05, 0.1) is 11.9 Å². The Labute approximate surface area is 76.6 Å². The predicted molar refractivity (Wildman–Crippen MR) is 50.2 cm³/mol. The van der Waals surface area contributed by atoms with E-state index >= 15 is 0 Å². The SMILES string of the molecule is CCn1cc(-c2cc(C)[nH]n2)cn1. The first-order valence-electron chi connectivity index (χ1n) is 4.34. The molecule has 0 spiro atoms. The fourth-order valence-corrected chi connectivity index (χ4v) is 1.23. The van der Waals surface area contributed by atoms with Gasteiger partial charge in [0.25, 0.3) is 0 Å². The van der Waals surface area contributed by atoms with Gasteiger partial charge in [-0.2, -0.15) is 10.2 Å². The molecule has 0 fully saturated rings. The number of aryl methyl sites for hydroxylation is 2. The molecular formula is C9H12N4. The topological polar surface area (TPSA) is 46.5 Å². The summed E-state index contributed by atoms with van der Waals surface area (Å²) in [6, 6.07) is 2.01. The number of rotatable bonds is 2. The van der Waals surface area contributed by atoms with Gasteiger partial charge < -0.3 is 0 Å². The second-order valence-electron chi connectivity index (χ2n) is 3.02. The minimum absolute atomic E-state index is 0.892. The van der Waals surface area contributed by atoms with Crippen molar-refractivity contribution in [1.82, 2.24) is 20.0 Å². The van der Waals surface area contributed by atoms with Crippen LogP contribution in [0.5, 0.6) is 0 Å². The number of hydrogen-bond donors (Lipinski definition) is 1. The summed E-state index contributed by atoms with van der Waals surface area (Å²) in [5.74, 6) is 0. The Balaban J connectivity index is 2.35. The average Bonchev–Trinajstić information content (AvgIpc) is 2.71. The summed E-state index contributed by atoms with van der Waals surface area (Å²) in [5.41, 5.74) is 3.09. The molecule has 13 heavy (non-hydrogen) atoms. The number of aromatic nitrogens is 4. The Morgan fingerprint density at radius 1 is 1.54 bits per heavy atom. The highest BCUT2D eigenvalue weighted by molar-refractivity contribution is 5.56. The molecule has 0 aromatic carbocycles. The molecule has 68 valence electrons. The van der Waals surface area contributed by atoms with Crippen molar-refractivity contribution in [3.8, 4) is 11.3 Å². The highest BCUT2D eigenvalue weighted by atomic mass is 15.3. The minimum Gasteiger partial charge on any atom is -0.282 e. The Morgan fingerprint density at radius 3 is 2.92 bits per heavy atom. The molecule has 2 aromatic rings. The van der Waals surface area contributed by atoms with Gasteiger partial charge in [-0.3, -0.25) is 9.78 Å². The third-order valence-electron chi connectivity index (χ3n) is 1.96. The quantitative estimate of drug-likeness (QED) is 0.755. The maximum atomic E-state index is 4.18. The number of nitrogens with one attached hydrogen (secondary N) is 1. The molecule has 0 aliphatic heterocycles. The van der Waals surface area contributed by atoms with Crippen LogP contribution in [0.3, 0.4) is 0 Å². The Bertz CT molecular complexity index is 399. The molecule has 0 amide bonds. The number of hydrogen-bond acceptors (Lipinski definition) is 2. The van der Waals surface area contributed by atoms with Gasteiger partial charge in [0.2, 0.25) is 0 Å². The van der Waals surface area contributed by atoms with E-state index in [-0.39, 0.29) is 0 Å². The van der Waals surface area contributed by atoms with Crippen LogP contribution < -0.4 is 0 Å². The van der Waals surface area contributed by atoms with Crippen LogP contribution in [0.25, 0.3) is 11.3 Å². The van der Waals surface area contributed by atoms with Gasteiger partial charge in [-0.15, -0.1) is 0 Å². The van der Waals surface area contributed by atoms with Gasteiger partial charge >= 0.3 is 0 Å². The Hall–Kier alpha value is -1.58. The molecule has 0 saturated heterocycles. The molecule has 0 radical (unpaired) electrons. The van der Waals surface area contributed by atoms with E-state index in [9.17, 15) is 0 Å². The average molecular weight is 176 g/mol. The van der Waals surface area contributed by atoms with Crippen LogP contribution in [0, 0.1) is 6.92 Å². The summed E-state index contributed by atoms with van der Waals surface area (Å²) in [6.07, 6.45) is 3.83. The van der Waals surface area contributed by atoms with Crippen molar-refractivity contribution in [1.29, 1.82) is 0 Å². The Morgan fingerprint density at radius 2 is 2.38 bits per heavy atom. The second-order valence-corrected chi connectivity index (χ2v) is 3.02. The lowest BCUT2D eigenvalue weighted by Gasteiger charge is -1.90. The first kappa shape index (κ1) is 8.04. The van der Waals surface area contributed by atoms with Crippen LogP contribution in [0.15, 0.2) is 18.5 Å². The Kier molecular flexibility index (Phi) is 1.88. The van der Waals surface area contributed by atoms with E-state index in [0.29, 0.717) is 0 Å². The molecule has 0 aliphatic carbocycles. The molecule has 4 heteroatoms. The van der Waals surface area contributed by atoms with Crippen LogP contribution in [0.2, 0.25) is 0 Å². The normalized spacial score (nSPS) is 10.6. The molecule has 0 atom stereocenters. The van der Waals surface area contributed by atoms with Crippen molar-refractivity contribution in [3.63, 3.8) is 0 Å². The maximum Gasteiger partial charge on any atom is 0.0954 e. The third kappa shape index (κ3) is 1.47. The molecular weight excluding hydrogens is 164 g/mol. The third-order valence-corrected chi connectivity index (χ3v) is 1.96. The molecule has 0 bridgehead atoms. The van der Waals surface area contributed by atoms with Gasteiger partial charge in [0.1, 0.15) is 0 Å². The van der Waals surface area contributed by atoms with Crippen molar-refractivity contribution < 1.29 is 0 Å². The van der Waals surface area contributed by atoms with Crippen molar-refractivity contribution in [2.45, 2.75) is 20.4 Å². The lowest BCUT2D eigenvalue weighted by molar-refractivity contribution is 0.660. The van der Waals surface area contributed by atoms with Crippen LogP contribution in [0.4, 0.5) is 0 Å². The van der Waals surface area contributed by atoms with Crippen molar-refractivity contribution in [2.24, 2.45) is 0 Å². The predicted octanol–water partition coefficient (Wildman–Crippen LogP) is 1.60. The minimum atomic E-state index is 0.892. The number of nitrogens with zero attached hydrogens (tertiary/aromatic N) is 3. The van der Waals surface area contributed by atoms with E-state index in [1.165, 1.54) is 0 Å².